The first-order valence-corrected chi connectivity index (χ1v) is 9.54. The summed E-state index contributed by atoms with van der Waals surface area (Å²) < 4.78 is 31.6. The van der Waals surface area contributed by atoms with Crippen LogP contribution in [0.25, 0.3) is 11.0 Å². The van der Waals surface area contributed by atoms with Gasteiger partial charge in [-0.15, -0.1) is 0 Å². The zero-order valence-corrected chi connectivity index (χ0v) is 15.9. The highest BCUT2D eigenvalue weighted by molar-refractivity contribution is 9.10. The third-order valence-electron chi connectivity index (χ3n) is 3.61. The van der Waals surface area contributed by atoms with E-state index in [9.17, 15) is 13.2 Å². The lowest BCUT2D eigenvalue weighted by Gasteiger charge is -2.11. The number of carbonyl (C=O) groups excluding carboxylic acids is 1. The predicted octanol–water partition coefficient (Wildman–Crippen LogP) is 3.70. The maximum Gasteiger partial charge on any atom is 0.291 e. The summed E-state index contributed by atoms with van der Waals surface area (Å²) in [6, 6.07) is 13.1. The van der Waals surface area contributed by atoms with Gasteiger partial charge in [-0.3, -0.25) is 4.79 Å². The van der Waals surface area contributed by atoms with Crippen LogP contribution >= 0.6 is 15.9 Å². The fourth-order valence-corrected chi connectivity index (χ4v) is 3.62. The van der Waals surface area contributed by atoms with E-state index in [1.807, 2.05) is 18.2 Å². The van der Waals surface area contributed by atoms with Crippen LogP contribution in [0.3, 0.4) is 0 Å². The Bertz CT molecular complexity index is 1040. The summed E-state index contributed by atoms with van der Waals surface area (Å²) in [4.78, 5) is 12.5. The van der Waals surface area contributed by atoms with Gasteiger partial charge < -0.3 is 9.73 Å². The van der Waals surface area contributed by atoms with E-state index in [4.69, 9.17) is 4.42 Å². The lowest BCUT2D eigenvalue weighted by atomic mass is 10.2. The van der Waals surface area contributed by atoms with E-state index in [0.717, 1.165) is 14.2 Å². The lowest BCUT2D eigenvalue weighted by molar-refractivity contribution is 0.0998. The van der Waals surface area contributed by atoms with Gasteiger partial charge >= 0.3 is 0 Å². The van der Waals surface area contributed by atoms with Crippen molar-refractivity contribution in [1.82, 2.24) is 4.31 Å². The molecule has 1 N–H and O–H groups in total. The normalized spacial score (nSPS) is 11.8. The van der Waals surface area contributed by atoms with Gasteiger partial charge in [-0.1, -0.05) is 12.1 Å². The van der Waals surface area contributed by atoms with Crippen LogP contribution in [0.5, 0.6) is 0 Å². The molecule has 130 valence electrons. The molecule has 6 nitrogen and oxygen atoms in total. The van der Waals surface area contributed by atoms with Crippen molar-refractivity contribution in [2.45, 2.75) is 4.90 Å². The summed E-state index contributed by atoms with van der Waals surface area (Å²) in [5, 5.41) is 3.50. The van der Waals surface area contributed by atoms with Gasteiger partial charge in [-0.05, 0) is 52.3 Å². The van der Waals surface area contributed by atoms with Crippen LogP contribution in [0.2, 0.25) is 0 Å². The standard InChI is InChI=1S/C17H15BrN2O4S/c1-20(2)25(22,23)13-8-6-12(7-9-13)19-17(21)15-10-11-4-3-5-14(18)16(11)24-15/h3-10H,1-2H3,(H,19,21). The topological polar surface area (TPSA) is 79.6 Å². The SMILES string of the molecule is CN(C)S(=O)(=O)c1ccc(NC(=O)c2cc3cccc(Br)c3o2)cc1. The smallest absolute Gasteiger partial charge is 0.291 e. The third kappa shape index (κ3) is 3.46. The number of furan rings is 1. The monoisotopic (exact) mass is 422 g/mol. The lowest BCUT2D eigenvalue weighted by Crippen LogP contribution is -2.22. The molecule has 3 aromatic rings. The minimum atomic E-state index is -3.50. The number of rotatable bonds is 4. The zero-order chi connectivity index (χ0) is 18.2. The second-order valence-electron chi connectivity index (χ2n) is 5.53. The van der Waals surface area contributed by atoms with E-state index in [1.165, 1.54) is 38.4 Å². The van der Waals surface area contributed by atoms with Crippen LogP contribution < -0.4 is 5.32 Å². The average Bonchev–Trinajstić information content (AvgIpc) is 3.01. The molecule has 8 heteroatoms. The molecule has 0 aliphatic rings. The fourth-order valence-electron chi connectivity index (χ4n) is 2.25. The molecule has 0 unspecified atom stereocenters. The Morgan fingerprint density at radius 3 is 2.40 bits per heavy atom. The Kier molecular flexibility index (Phi) is 4.68. The molecule has 0 spiro atoms. The number of fused-ring (bicyclic) bond motifs is 1. The number of nitrogens with zero attached hydrogens (tertiary/aromatic N) is 1. The Balaban J connectivity index is 1.82. The first-order chi connectivity index (χ1) is 11.8. The molecule has 0 atom stereocenters. The van der Waals surface area contributed by atoms with Crippen molar-refractivity contribution >= 4 is 48.5 Å². The molecule has 1 aromatic heterocycles. The first kappa shape index (κ1) is 17.7. The van der Waals surface area contributed by atoms with Crippen molar-refractivity contribution in [1.29, 1.82) is 0 Å². The van der Waals surface area contributed by atoms with E-state index in [2.05, 4.69) is 21.2 Å². The van der Waals surface area contributed by atoms with E-state index >= 15 is 0 Å². The van der Waals surface area contributed by atoms with E-state index in [1.54, 1.807) is 6.07 Å². The number of halogens is 1. The third-order valence-corrected chi connectivity index (χ3v) is 6.06. The molecule has 3 rings (SSSR count). The zero-order valence-electron chi connectivity index (χ0n) is 13.5. The molecule has 2 aromatic carbocycles. The quantitative estimate of drug-likeness (QED) is 0.694. The highest BCUT2D eigenvalue weighted by atomic mass is 79.9. The molecule has 0 saturated carbocycles. The summed E-state index contributed by atoms with van der Waals surface area (Å²) in [6.07, 6.45) is 0. The molecule has 0 saturated heterocycles. The van der Waals surface area contributed by atoms with E-state index < -0.39 is 15.9 Å². The number of hydrogen-bond donors (Lipinski definition) is 1. The Labute approximate surface area is 153 Å². The summed E-state index contributed by atoms with van der Waals surface area (Å²) in [5.41, 5.74) is 1.07. The first-order valence-electron chi connectivity index (χ1n) is 7.31. The highest BCUT2D eigenvalue weighted by Gasteiger charge is 2.18. The molecule has 0 aliphatic heterocycles. The number of nitrogens with one attached hydrogen (secondary N) is 1. The molecule has 1 amide bonds. The van der Waals surface area contributed by atoms with Crippen molar-refractivity contribution in [3.05, 3.63) is 58.8 Å². The molecular weight excluding hydrogens is 408 g/mol. The molecule has 0 bridgehead atoms. The summed E-state index contributed by atoms with van der Waals surface area (Å²) in [5.74, 6) is -0.238. The van der Waals surface area contributed by atoms with Gasteiger partial charge in [0.05, 0.1) is 9.37 Å². The van der Waals surface area contributed by atoms with Crippen LogP contribution in [-0.2, 0) is 10.0 Å². The second kappa shape index (κ2) is 6.62. The van der Waals surface area contributed by atoms with Crippen LogP contribution in [0.1, 0.15) is 10.6 Å². The van der Waals surface area contributed by atoms with Crippen LogP contribution in [-0.4, -0.2) is 32.7 Å². The average molecular weight is 423 g/mol. The summed E-state index contributed by atoms with van der Waals surface area (Å²) in [7, 11) is -0.573. The van der Waals surface area contributed by atoms with Gasteiger partial charge in [0.15, 0.2) is 5.76 Å². The minimum absolute atomic E-state index is 0.156. The molecule has 0 radical (unpaired) electrons. The predicted molar refractivity (Wildman–Crippen MR) is 99.2 cm³/mol. The van der Waals surface area contributed by atoms with Gasteiger partial charge in [0.1, 0.15) is 5.58 Å². The number of carbonyl (C=O) groups is 1. The van der Waals surface area contributed by atoms with Crippen LogP contribution in [0, 0.1) is 0 Å². The van der Waals surface area contributed by atoms with Gasteiger partial charge in [-0.2, -0.15) is 0 Å². The molecule has 0 fully saturated rings. The van der Waals surface area contributed by atoms with Crippen LogP contribution in [0.4, 0.5) is 5.69 Å². The minimum Gasteiger partial charge on any atom is -0.450 e. The maximum absolute atomic E-state index is 12.3. The van der Waals surface area contributed by atoms with Crippen molar-refractivity contribution in [3.8, 4) is 0 Å². The van der Waals surface area contributed by atoms with Gasteiger partial charge in [0.2, 0.25) is 10.0 Å². The fraction of sp³-hybridized carbons (Fsp3) is 0.118. The van der Waals surface area contributed by atoms with E-state index in [0.29, 0.717) is 11.3 Å². The number of hydrogen-bond acceptors (Lipinski definition) is 4. The summed E-state index contributed by atoms with van der Waals surface area (Å²) >= 11 is 3.38. The van der Waals surface area contributed by atoms with Gasteiger partial charge in [-0.25, -0.2) is 12.7 Å². The van der Waals surface area contributed by atoms with Gasteiger partial charge in [0, 0.05) is 25.2 Å². The summed E-state index contributed by atoms with van der Waals surface area (Å²) in [6.45, 7) is 0. The van der Waals surface area contributed by atoms with Crippen molar-refractivity contribution in [3.63, 3.8) is 0 Å². The van der Waals surface area contributed by atoms with E-state index in [-0.39, 0.29) is 10.7 Å². The molecular formula is C17H15BrN2O4S. The Morgan fingerprint density at radius 2 is 1.80 bits per heavy atom. The second-order valence-corrected chi connectivity index (χ2v) is 8.54. The number of para-hydroxylation sites is 1. The molecule has 25 heavy (non-hydrogen) atoms. The maximum atomic E-state index is 12.3. The Morgan fingerprint density at radius 1 is 1.12 bits per heavy atom. The van der Waals surface area contributed by atoms with Crippen molar-refractivity contribution in [2.75, 3.05) is 19.4 Å². The molecule has 1 heterocycles. The van der Waals surface area contributed by atoms with Crippen molar-refractivity contribution < 1.29 is 17.6 Å². The number of amides is 1. The number of sulfonamides is 1. The largest absolute Gasteiger partial charge is 0.450 e. The molecule has 0 aliphatic carbocycles. The van der Waals surface area contributed by atoms with Crippen LogP contribution in [0.15, 0.2) is 62.3 Å². The van der Waals surface area contributed by atoms with Gasteiger partial charge in [0.25, 0.3) is 5.91 Å². The van der Waals surface area contributed by atoms with Crippen molar-refractivity contribution in [2.24, 2.45) is 0 Å². The highest BCUT2D eigenvalue weighted by Crippen LogP contribution is 2.27. The Hall–Kier alpha value is -2.16. The number of benzene rings is 2. The number of anilines is 1.